The molecular formula is C6Cl13O3S-. The largest absolute Gasteiger partial charge is 0.750 e. The maximum absolute atomic E-state index is 10.6. The zero-order chi connectivity index (χ0) is 19.3. The first-order valence-corrected chi connectivity index (χ1v) is 10.3. The van der Waals surface area contributed by atoms with Gasteiger partial charge in [0.2, 0.25) is 12.5 Å². The summed E-state index contributed by atoms with van der Waals surface area (Å²) in [6.07, 6.45) is 0. The van der Waals surface area contributed by atoms with Crippen molar-refractivity contribution in [3.05, 3.63) is 0 Å². The molecule has 0 fully saturated rings. The molecule has 0 rings (SSSR count). The van der Waals surface area contributed by atoms with Crippen LogP contribution >= 0.6 is 151 Å². The lowest BCUT2D eigenvalue weighted by Crippen LogP contribution is -2.66. The van der Waals surface area contributed by atoms with Gasteiger partial charge in [0, 0.05) is 0 Å². The highest BCUT2D eigenvalue weighted by Crippen LogP contribution is 2.69. The summed E-state index contributed by atoms with van der Waals surface area (Å²) in [5, 5.41) is 0. The summed E-state index contributed by atoms with van der Waals surface area (Å²) in [6, 6.07) is 0. The molecule has 0 amide bonds. The summed E-state index contributed by atoms with van der Waals surface area (Å²) in [5.41, 5.74) is 0. The normalized spacial score (nSPS) is 17.3. The molecular weight excluding hydrogens is 613 g/mol. The van der Waals surface area contributed by atoms with Crippen LogP contribution in [0.25, 0.3) is 0 Å². The zero-order valence-corrected chi connectivity index (χ0v) is 20.2. The van der Waals surface area contributed by atoms with Crippen LogP contribution in [0.4, 0.5) is 0 Å². The summed E-state index contributed by atoms with van der Waals surface area (Å²) < 4.78 is 8.12. The Balaban J connectivity index is 6.19. The molecule has 1 atom stereocenters. The third-order valence-corrected chi connectivity index (χ3v) is 10.8. The highest BCUT2D eigenvalue weighted by Gasteiger charge is 2.77. The first-order valence-electron chi connectivity index (χ1n) is 4.41. The van der Waals surface area contributed by atoms with Gasteiger partial charge in [-0.1, -0.05) is 151 Å². The van der Waals surface area contributed by atoms with E-state index in [0.29, 0.717) is 0 Å². The third-order valence-electron chi connectivity index (χ3n) is 2.08. The molecule has 0 aliphatic rings. The predicted octanol–water partition coefficient (Wildman–Crippen LogP) is 6.99. The highest BCUT2D eigenvalue weighted by molar-refractivity contribution is 7.74. The van der Waals surface area contributed by atoms with Gasteiger partial charge in [-0.3, -0.25) is 4.18 Å². The van der Waals surface area contributed by atoms with Crippen molar-refractivity contribution in [2.75, 3.05) is 0 Å². The predicted molar refractivity (Wildman–Crippen MR) is 102 cm³/mol. The molecule has 0 aromatic rings. The Morgan fingerprint density at radius 2 is 0.913 bits per heavy atom. The lowest BCUT2D eigenvalue weighted by molar-refractivity contribution is 0.206. The summed E-state index contributed by atoms with van der Waals surface area (Å²) in [7, 11) is 0. The average molecular weight is 613 g/mol. The topological polar surface area (TPSA) is 49.4 Å². The molecule has 0 bridgehead atoms. The quantitative estimate of drug-likeness (QED) is 0.240. The molecule has 0 spiro atoms. The first-order chi connectivity index (χ1) is 9.67. The number of rotatable bonds is 6. The molecule has 23 heavy (non-hydrogen) atoms. The molecule has 0 saturated carbocycles. The first kappa shape index (κ1) is 26.8. The Bertz CT molecular complexity index is 469. The lowest BCUT2D eigenvalue weighted by atomic mass is 10.1. The van der Waals surface area contributed by atoms with E-state index >= 15 is 0 Å². The summed E-state index contributed by atoms with van der Waals surface area (Å²) >= 11 is 71.5. The summed E-state index contributed by atoms with van der Waals surface area (Å²) in [5.74, 6) is 0. The number of halogens is 13. The molecule has 0 heterocycles. The van der Waals surface area contributed by atoms with Crippen molar-refractivity contribution in [1.29, 1.82) is 0 Å². The molecule has 0 aromatic carbocycles. The standard InChI is InChI=1S/C6HCl13O3S/c7-1(8,3(11,12)5(15,16)17)2(9,10)4(13,14)6(18,19)22-23(20)21/h(H,20,21)/p-1. The van der Waals surface area contributed by atoms with Crippen molar-refractivity contribution in [2.45, 2.75) is 25.6 Å². The van der Waals surface area contributed by atoms with E-state index in [0.717, 1.165) is 0 Å². The summed E-state index contributed by atoms with van der Waals surface area (Å²) in [4.78, 5) is 0. The van der Waals surface area contributed by atoms with Crippen LogP contribution in [-0.4, -0.2) is 34.4 Å². The Hall–Kier alpha value is 3.84. The van der Waals surface area contributed by atoms with Crippen molar-refractivity contribution < 1.29 is 12.9 Å². The highest BCUT2D eigenvalue weighted by atomic mass is 35.6. The van der Waals surface area contributed by atoms with Crippen LogP contribution in [0.1, 0.15) is 0 Å². The van der Waals surface area contributed by atoms with Gasteiger partial charge in [0.1, 0.15) is 0 Å². The Labute approximate surface area is 198 Å². The van der Waals surface area contributed by atoms with E-state index in [4.69, 9.17) is 151 Å². The minimum Gasteiger partial charge on any atom is -0.750 e. The van der Waals surface area contributed by atoms with Gasteiger partial charge in [-0.25, -0.2) is 4.21 Å². The van der Waals surface area contributed by atoms with Crippen LogP contribution in [0.3, 0.4) is 0 Å². The van der Waals surface area contributed by atoms with E-state index in [1.54, 1.807) is 0 Å². The molecule has 140 valence electrons. The Morgan fingerprint density at radius 1 is 0.609 bits per heavy atom. The van der Waals surface area contributed by atoms with Crippen molar-refractivity contribution >= 4 is 162 Å². The van der Waals surface area contributed by atoms with Gasteiger partial charge >= 0.3 is 0 Å². The monoisotopic (exact) mass is 607 g/mol. The Kier molecular flexibility index (Phi) is 9.68. The zero-order valence-electron chi connectivity index (χ0n) is 9.55. The molecule has 17 heteroatoms. The molecule has 0 N–H and O–H groups in total. The van der Waals surface area contributed by atoms with Gasteiger partial charge in [-0.15, -0.1) is 0 Å². The smallest absolute Gasteiger partial charge is 0.267 e. The fourth-order valence-corrected chi connectivity index (χ4v) is 4.93. The van der Waals surface area contributed by atoms with E-state index in [1.807, 2.05) is 0 Å². The maximum atomic E-state index is 10.6. The van der Waals surface area contributed by atoms with Gasteiger partial charge in [0.25, 0.3) is 4.52 Å². The van der Waals surface area contributed by atoms with Crippen LogP contribution in [0.5, 0.6) is 0 Å². The van der Waals surface area contributed by atoms with Gasteiger partial charge in [-0.2, -0.15) is 0 Å². The van der Waals surface area contributed by atoms with Crippen molar-refractivity contribution in [3.63, 3.8) is 0 Å². The van der Waals surface area contributed by atoms with Gasteiger partial charge < -0.3 is 4.55 Å². The van der Waals surface area contributed by atoms with E-state index in [-0.39, 0.29) is 0 Å². The van der Waals surface area contributed by atoms with Crippen molar-refractivity contribution in [1.82, 2.24) is 0 Å². The van der Waals surface area contributed by atoms with Crippen LogP contribution in [-0.2, 0) is 15.5 Å². The van der Waals surface area contributed by atoms with E-state index in [1.165, 1.54) is 0 Å². The second-order valence-corrected chi connectivity index (χ2v) is 13.0. The number of alkyl halides is 13. The molecule has 0 radical (unpaired) electrons. The fourth-order valence-electron chi connectivity index (χ4n) is 0.893. The average Bonchev–Trinajstić information content (AvgIpc) is 2.24. The van der Waals surface area contributed by atoms with Crippen LogP contribution in [0.2, 0.25) is 0 Å². The molecule has 1 unspecified atom stereocenters. The number of hydrogen-bond donors (Lipinski definition) is 0. The molecule has 0 aliphatic carbocycles. The van der Waals surface area contributed by atoms with E-state index in [2.05, 4.69) is 4.18 Å². The number of hydrogen-bond acceptors (Lipinski definition) is 3. The molecule has 0 aliphatic heterocycles. The minimum absolute atomic E-state index is 2.58. The van der Waals surface area contributed by atoms with Crippen LogP contribution in [0.15, 0.2) is 0 Å². The second-order valence-electron chi connectivity index (χ2n) is 3.60. The minimum atomic E-state index is -3.31. The summed E-state index contributed by atoms with van der Waals surface area (Å²) in [6.45, 7) is 0. The van der Waals surface area contributed by atoms with Crippen LogP contribution < -0.4 is 0 Å². The van der Waals surface area contributed by atoms with Gasteiger partial charge in [0.05, 0.1) is 11.4 Å². The van der Waals surface area contributed by atoms with E-state index in [9.17, 15) is 8.76 Å². The molecule has 0 saturated heterocycles. The van der Waals surface area contributed by atoms with E-state index < -0.39 is 37.0 Å². The lowest BCUT2D eigenvalue weighted by Gasteiger charge is -2.50. The van der Waals surface area contributed by atoms with Gasteiger partial charge in [-0.05, 0) is 0 Å². The molecule has 3 nitrogen and oxygen atoms in total. The van der Waals surface area contributed by atoms with Crippen LogP contribution in [0, 0.1) is 0 Å². The molecule has 0 aromatic heterocycles. The van der Waals surface area contributed by atoms with Crippen molar-refractivity contribution in [2.24, 2.45) is 0 Å². The van der Waals surface area contributed by atoms with Crippen molar-refractivity contribution in [3.8, 4) is 0 Å². The second kappa shape index (κ2) is 8.30. The third kappa shape index (κ3) is 5.07. The Morgan fingerprint density at radius 3 is 1.17 bits per heavy atom. The van der Waals surface area contributed by atoms with Gasteiger partial charge in [0.15, 0.2) is 8.67 Å². The fraction of sp³-hybridized carbons (Fsp3) is 1.00. The maximum Gasteiger partial charge on any atom is 0.267 e. The SMILES string of the molecule is O=S([O-])OC(Cl)(Cl)C(Cl)(Cl)C(Cl)(Cl)C(Cl)(Cl)C(Cl)(Cl)C(Cl)(Cl)Cl.